The van der Waals surface area contributed by atoms with E-state index < -0.39 is 59.7 Å². The average molecular weight is 633 g/mol. The molecule has 0 fully saturated rings. The SMILES string of the molecule is CC(NC(=O)C(N)Cc1ccc(O)cc1)C(=O)NC(Cc1ccccc1)C(=O)NC(C)C(=O)NC(Cc1ccc(O)cc1)C(N)=O. The second kappa shape index (κ2) is 16.6. The molecule has 0 aliphatic heterocycles. The fraction of sp³-hybridized carbons (Fsp3) is 0.303. The summed E-state index contributed by atoms with van der Waals surface area (Å²) in [6, 6.07) is 15.8. The van der Waals surface area contributed by atoms with Gasteiger partial charge in [0.25, 0.3) is 0 Å². The number of hydrogen-bond acceptors (Lipinski definition) is 8. The van der Waals surface area contributed by atoms with Crippen molar-refractivity contribution in [3.63, 3.8) is 0 Å². The van der Waals surface area contributed by atoms with Crippen molar-refractivity contribution in [1.82, 2.24) is 21.3 Å². The number of amides is 5. The third-order valence-corrected chi connectivity index (χ3v) is 7.18. The number of phenolic OH excluding ortho intramolecular Hbond substituents is 2. The van der Waals surface area contributed by atoms with Crippen molar-refractivity contribution in [1.29, 1.82) is 0 Å². The molecule has 10 N–H and O–H groups in total. The van der Waals surface area contributed by atoms with E-state index in [9.17, 15) is 34.2 Å². The molecule has 0 saturated carbocycles. The first-order chi connectivity index (χ1) is 21.8. The Morgan fingerprint density at radius 3 is 1.48 bits per heavy atom. The Morgan fingerprint density at radius 1 is 0.565 bits per heavy atom. The lowest BCUT2D eigenvalue weighted by Gasteiger charge is -2.24. The highest BCUT2D eigenvalue weighted by molar-refractivity contribution is 5.95. The Morgan fingerprint density at radius 2 is 0.978 bits per heavy atom. The minimum absolute atomic E-state index is 0.0443. The molecule has 3 rings (SSSR count). The highest BCUT2D eigenvalue weighted by atomic mass is 16.3. The number of benzene rings is 3. The first-order valence-electron chi connectivity index (χ1n) is 14.7. The standard InChI is InChI=1S/C33H40N6O7/c1-19(36-32(45)26(34)16-22-8-12-24(40)13-9-22)31(44)39-28(18-21-6-4-3-5-7-21)33(46)37-20(2)30(43)38-27(29(35)42)17-23-10-14-25(41)15-11-23/h3-15,19-20,26-28,40-41H,16-18,34H2,1-2H3,(H2,35,42)(H,36,45)(H,37,46)(H,38,43)(H,39,44). The van der Waals surface area contributed by atoms with Crippen LogP contribution < -0.4 is 32.7 Å². The molecule has 0 heterocycles. The maximum Gasteiger partial charge on any atom is 0.243 e. The number of carbonyl (C=O) groups excluding carboxylic acids is 5. The molecule has 0 aromatic heterocycles. The Hall–Kier alpha value is -5.43. The topological polar surface area (TPSA) is 226 Å². The van der Waals surface area contributed by atoms with Crippen LogP contribution in [0.15, 0.2) is 78.9 Å². The number of aromatic hydroxyl groups is 2. The molecular formula is C33H40N6O7. The number of nitrogens with one attached hydrogen (secondary N) is 4. The van der Waals surface area contributed by atoms with E-state index in [1.807, 2.05) is 0 Å². The summed E-state index contributed by atoms with van der Waals surface area (Å²) in [7, 11) is 0. The Balaban J connectivity index is 1.63. The van der Waals surface area contributed by atoms with Crippen molar-refractivity contribution in [3.8, 4) is 11.5 Å². The lowest BCUT2D eigenvalue weighted by atomic mass is 10.0. The van der Waals surface area contributed by atoms with Gasteiger partial charge in [-0.3, -0.25) is 24.0 Å². The minimum Gasteiger partial charge on any atom is -0.508 e. The third kappa shape index (κ3) is 10.9. The number of nitrogens with two attached hydrogens (primary N) is 2. The van der Waals surface area contributed by atoms with Crippen molar-refractivity contribution in [2.45, 2.75) is 63.3 Å². The molecule has 13 nitrogen and oxygen atoms in total. The zero-order valence-corrected chi connectivity index (χ0v) is 25.6. The predicted molar refractivity (Wildman–Crippen MR) is 170 cm³/mol. The van der Waals surface area contributed by atoms with Crippen LogP contribution in [0.4, 0.5) is 0 Å². The van der Waals surface area contributed by atoms with Gasteiger partial charge < -0.3 is 42.9 Å². The quantitative estimate of drug-likeness (QED) is 0.113. The Kier molecular flexibility index (Phi) is 12.6. The first-order valence-corrected chi connectivity index (χ1v) is 14.7. The maximum atomic E-state index is 13.4. The van der Waals surface area contributed by atoms with Crippen molar-refractivity contribution in [2.75, 3.05) is 0 Å². The van der Waals surface area contributed by atoms with Gasteiger partial charge in [-0.05, 0) is 61.2 Å². The van der Waals surface area contributed by atoms with E-state index in [4.69, 9.17) is 11.5 Å². The molecule has 0 aliphatic carbocycles. The summed E-state index contributed by atoms with van der Waals surface area (Å²) in [6.07, 6.45) is 0.320. The number of primary amides is 1. The van der Waals surface area contributed by atoms with E-state index in [-0.39, 0.29) is 30.8 Å². The molecule has 5 unspecified atom stereocenters. The van der Waals surface area contributed by atoms with Gasteiger partial charge in [0.2, 0.25) is 29.5 Å². The van der Waals surface area contributed by atoms with Crippen LogP contribution in [0.3, 0.4) is 0 Å². The highest BCUT2D eigenvalue weighted by Gasteiger charge is 2.29. The first kappa shape index (κ1) is 35.1. The van der Waals surface area contributed by atoms with E-state index in [1.165, 1.54) is 38.1 Å². The second-order valence-electron chi connectivity index (χ2n) is 11.0. The smallest absolute Gasteiger partial charge is 0.243 e. The molecule has 0 bridgehead atoms. The summed E-state index contributed by atoms with van der Waals surface area (Å²) in [5, 5.41) is 29.2. The fourth-order valence-electron chi connectivity index (χ4n) is 4.49. The molecule has 0 radical (unpaired) electrons. The van der Waals surface area contributed by atoms with E-state index in [0.29, 0.717) is 5.56 Å². The molecule has 46 heavy (non-hydrogen) atoms. The Bertz CT molecular complexity index is 1500. The number of carbonyl (C=O) groups is 5. The maximum absolute atomic E-state index is 13.4. The predicted octanol–water partition coefficient (Wildman–Crippen LogP) is -0.0827. The van der Waals surface area contributed by atoms with E-state index >= 15 is 0 Å². The summed E-state index contributed by atoms with van der Waals surface area (Å²) >= 11 is 0. The van der Waals surface area contributed by atoms with Gasteiger partial charge in [-0.15, -0.1) is 0 Å². The fourth-order valence-corrected chi connectivity index (χ4v) is 4.49. The average Bonchev–Trinajstić information content (AvgIpc) is 3.02. The van der Waals surface area contributed by atoms with Crippen LogP contribution in [-0.2, 0) is 43.2 Å². The molecule has 0 spiro atoms. The summed E-state index contributed by atoms with van der Waals surface area (Å²) in [5.74, 6) is -3.24. The van der Waals surface area contributed by atoms with Crippen molar-refractivity contribution < 1.29 is 34.2 Å². The van der Waals surface area contributed by atoms with Gasteiger partial charge in [0.15, 0.2) is 0 Å². The number of hydrogen-bond donors (Lipinski definition) is 8. The third-order valence-electron chi connectivity index (χ3n) is 7.18. The zero-order chi connectivity index (χ0) is 33.8. The molecule has 0 saturated heterocycles. The van der Waals surface area contributed by atoms with Crippen LogP contribution in [0.2, 0.25) is 0 Å². The number of phenols is 2. The van der Waals surface area contributed by atoms with Crippen LogP contribution in [0.1, 0.15) is 30.5 Å². The van der Waals surface area contributed by atoms with Gasteiger partial charge in [-0.1, -0.05) is 54.6 Å². The van der Waals surface area contributed by atoms with Crippen molar-refractivity contribution in [3.05, 3.63) is 95.6 Å². The summed E-state index contributed by atoms with van der Waals surface area (Å²) in [5.41, 5.74) is 13.6. The monoisotopic (exact) mass is 632 g/mol. The van der Waals surface area contributed by atoms with Crippen molar-refractivity contribution >= 4 is 29.5 Å². The van der Waals surface area contributed by atoms with Crippen LogP contribution in [0.5, 0.6) is 11.5 Å². The molecule has 244 valence electrons. The van der Waals surface area contributed by atoms with Crippen molar-refractivity contribution in [2.24, 2.45) is 11.5 Å². The van der Waals surface area contributed by atoms with Gasteiger partial charge in [-0.25, -0.2) is 0 Å². The molecule has 5 atom stereocenters. The summed E-state index contributed by atoms with van der Waals surface area (Å²) in [6.45, 7) is 2.87. The van der Waals surface area contributed by atoms with Crippen LogP contribution >= 0.6 is 0 Å². The van der Waals surface area contributed by atoms with E-state index in [2.05, 4.69) is 21.3 Å². The summed E-state index contributed by atoms with van der Waals surface area (Å²) in [4.78, 5) is 64.2. The summed E-state index contributed by atoms with van der Waals surface area (Å²) < 4.78 is 0. The highest BCUT2D eigenvalue weighted by Crippen LogP contribution is 2.12. The molecule has 13 heteroatoms. The molecular weight excluding hydrogens is 592 g/mol. The van der Waals surface area contributed by atoms with E-state index in [1.54, 1.807) is 54.6 Å². The molecule has 3 aromatic carbocycles. The Labute approximate surface area is 266 Å². The van der Waals surface area contributed by atoms with Crippen LogP contribution in [0, 0.1) is 0 Å². The zero-order valence-electron chi connectivity index (χ0n) is 25.6. The largest absolute Gasteiger partial charge is 0.508 e. The molecule has 3 aromatic rings. The van der Waals surface area contributed by atoms with Gasteiger partial charge in [0.05, 0.1) is 6.04 Å². The van der Waals surface area contributed by atoms with Gasteiger partial charge in [0.1, 0.15) is 35.7 Å². The van der Waals surface area contributed by atoms with Gasteiger partial charge in [-0.2, -0.15) is 0 Å². The lowest BCUT2D eigenvalue weighted by Crippen LogP contribution is -2.58. The normalized spacial score (nSPS) is 14.1. The van der Waals surface area contributed by atoms with Crippen LogP contribution in [0.25, 0.3) is 0 Å². The second-order valence-corrected chi connectivity index (χ2v) is 11.0. The van der Waals surface area contributed by atoms with Gasteiger partial charge >= 0.3 is 0 Å². The molecule has 5 amide bonds. The van der Waals surface area contributed by atoms with Gasteiger partial charge in [0, 0.05) is 12.8 Å². The molecule has 0 aliphatic rings. The lowest BCUT2D eigenvalue weighted by molar-refractivity contribution is -0.134. The number of rotatable bonds is 15. The van der Waals surface area contributed by atoms with Crippen LogP contribution in [-0.4, -0.2) is 70.0 Å². The minimum atomic E-state index is -1.13. The van der Waals surface area contributed by atoms with E-state index in [0.717, 1.165) is 11.1 Å².